The molecule has 2 nitrogen and oxygen atoms in total. The molecular weight excluding hydrogens is 212 g/mol. The van der Waals surface area contributed by atoms with Gasteiger partial charge in [-0.3, -0.25) is 4.79 Å². The molecule has 0 heterocycles. The number of hydrogen-bond acceptors (Lipinski definition) is 2. The summed E-state index contributed by atoms with van der Waals surface area (Å²) in [6.07, 6.45) is 6.31. The van der Waals surface area contributed by atoms with Gasteiger partial charge in [-0.15, -0.1) is 0 Å². The summed E-state index contributed by atoms with van der Waals surface area (Å²) < 4.78 is 5.21. The van der Waals surface area contributed by atoms with Crippen LogP contribution in [0, 0.1) is 17.3 Å². The van der Waals surface area contributed by atoms with Crippen LogP contribution in [0.4, 0.5) is 0 Å². The van der Waals surface area contributed by atoms with E-state index in [2.05, 4.69) is 20.8 Å². The molecule has 0 radical (unpaired) electrons. The van der Waals surface area contributed by atoms with Crippen molar-refractivity contribution in [2.24, 2.45) is 17.3 Å². The van der Waals surface area contributed by atoms with Gasteiger partial charge in [-0.05, 0) is 43.4 Å². The van der Waals surface area contributed by atoms with Crippen LogP contribution in [0.25, 0.3) is 0 Å². The minimum absolute atomic E-state index is 0.0671. The lowest BCUT2D eigenvalue weighted by Crippen LogP contribution is -2.34. The second-order valence-electron chi connectivity index (χ2n) is 6.46. The van der Waals surface area contributed by atoms with Crippen LogP contribution in [-0.2, 0) is 9.53 Å². The molecule has 3 atom stereocenters. The van der Waals surface area contributed by atoms with Gasteiger partial charge in [0.15, 0.2) is 0 Å². The molecular formula is C15H28O2. The number of carbonyl (C=O) groups excluding carboxylic acids is 1. The molecule has 0 spiro atoms. The number of rotatable bonds is 4. The van der Waals surface area contributed by atoms with E-state index in [0.717, 1.165) is 18.3 Å². The summed E-state index contributed by atoms with van der Waals surface area (Å²) in [6.45, 7) is 10.7. The average molecular weight is 240 g/mol. The number of hydrogen-bond donors (Lipinski definition) is 0. The SMILES string of the molecule is CC(=O)O[C@H](C)CC[C@H]1[C@H](C)CCCC1(C)C. The minimum atomic E-state index is -0.159. The van der Waals surface area contributed by atoms with Gasteiger partial charge >= 0.3 is 5.97 Å². The van der Waals surface area contributed by atoms with Crippen LogP contribution >= 0.6 is 0 Å². The van der Waals surface area contributed by atoms with Crippen molar-refractivity contribution in [1.29, 1.82) is 0 Å². The van der Waals surface area contributed by atoms with Crippen molar-refractivity contribution in [3.05, 3.63) is 0 Å². The van der Waals surface area contributed by atoms with Crippen molar-refractivity contribution in [2.45, 2.75) is 72.8 Å². The third-order valence-corrected chi connectivity index (χ3v) is 4.42. The van der Waals surface area contributed by atoms with E-state index in [4.69, 9.17) is 4.74 Å². The van der Waals surface area contributed by atoms with E-state index in [1.807, 2.05) is 6.92 Å². The van der Waals surface area contributed by atoms with Crippen molar-refractivity contribution in [2.75, 3.05) is 0 Å². The van der Waals surface area contributed by atoms with E-state index >= 15 is 0 Å². The first-order valence-electron chi connectivity index (χ1n) is 7.00. The topological polar surface area (TPSA) is 26.3 Å². The van der Waals surface area contributed by atoms with Gasteiger partial charge < -0.3 is 4.74 Å². The number of carbonyl (C=O) groups is 1. The normalized spacial score (nSPS) is 29.7. The zero-order chi connectivity index (χ0) is 13.1. The van der Waals surface area contributed by atoms with Crippen LogP contribution in [0.3, 0.4) is 0 Å². The lowest BCUT2D eigenvalue weighted by atomic mass is 9.62. The molecule has 1 fully saturated rings. The summed E-state index contributed by atoms with van der Waals surface area (Å²) in [6, 6.07) is 0. The molecule has 0 amide bonds. The van der Waals surface area contributed by atoms with E-state index in [1.165, 1.54) is 32.6 Å². The highest BCUT2D eigenvalue weighted by molar-refractivity contribution is 5.66. The van der Waals surface area contributed by atoms with Gasteiger partial charge in [-0.1, -0.05) is 33.6 Å². The molecule has 0 aromatic rings. The fourth-order valence-electron chi connectivity index (χ4n) is 3.47. The number of esters is 1. The fraction of sp³-hybridized carbons (Fsp3) is 0.933. The second-order valence-corrected chi connectivity index (χ2v) is 6.46. The Kier molecular flexibility index (Phi) is 5.03. The monoisotopic (exact) mass is 240 g/mol. The molecule has 1 aliphatic rings. The quantitative estimate of drug-likeness (QED) is 0.689. The molecule has 100 valence electrons. The highest BCUT2D eigenvalue weighted by Crippen LogP contribution is 2.46. The van der Waals surface area contributed by atoms with Gasteiger partial charge in [0.1, 0.15) is 0 Å². The predicted octanol–water partition coefficient (Wildman–Crippen LogP) is 4.18. The first kappa shape index (κ1) is 14.5. The average Bonchev–Trinajstić information content (AvgIpc) is 2.14. The van der Waals surface area contributed by atoms with Crippen LogP contribution in [0.1, 0.15) is 66.7 Å². The molecule has 0 saturated heterocycles. The summed E-state index contributed by atoms with van der Waals surface area (Å²) in [4.78, 5) is 10.9. The van der Waals surface area contributed by atoms with Crippen molar-refractivity contribution in [3.8, 4) is 0 Å². The molecule has 0 aromatic heterocycles. The Morgan fingerprint density at radius 3 is 2.65 bits per heavy atom. The largest absolute Gasteiger partial charge is 0.463 e. The molecule has 0 aromatic carbocycles. The molecule has 0 bridgehead atoms. The minimum Gasteiger partial charge on any atom is -0.463 e. The first-order chi connectivity index (χ1) is 7.83. The highest BCUT2D eigenvalue weighted by atomic mass is 16.5. The van der Waals surface area contributed by atoms with Crippen molar-refractivity contribution >= 4 is 5.97 Å². The van der Waals surface area contributed by atoms with Gasteiger partial charge in [-0.2, -0.15) is 0 Å². The van der Waals surface area contributed by atoms with Crippen LogP contribution < -0.4 is 0 Å². The van der Waals surface area contributed by atoms with E-state index in [-0.39, 0.29) is 12.1 Å². The molecule has 1 rings (SSSR count). The van der Waals surface area contributed by atoms with E-state index < -0.39 is 0 Å². The maximum Gasteiger partial charge on any atom is 0.302 e. The smallest absolute Gasteiger partial charge is 0.302 e. The summed E-state index contributed by atoms with van der Waals surface area (Å²) in [5.74, 6) is 1.42. The Morgan fingerprint density at radius 1 is 1.47 bits per heavy atom. The molecule has 2 heteroatoms. The second kappa shape index (κ2) is 5.88. The van der Waals surface area contributed by atoms with E-state index in [1.54, 1.807) is 0 Å². The van der Waals surface area contributed by atoms with Crippen molar-refractivity contribution in [3.63, 3.8) is 0 Å². The van der Waals surface area contributed by atoms with Crippen LogP contribution in [-0.4, -0.2) is 12.1 Å². The predicted molar refractivity (Wildman–Crippen MR) is 70.7 cm³/mol. The van der Waals surface area contributed by atoms with Crippen molar-refractivity contribution < 1.29 is 9.53 Å². The van der Waals surface area contributed by atoms with E-state index in [0.29, 0.717) is 5.41 Å². The van der Waals surface area contributed by atoms with Gasteiger partial charge in [0.2, 0.25) is 0 Å². The summed E-state index contributed by atoms with van der Waals surface area (Å²) in [5, 5.41) is 0. The molecule has 17 heavy (non-hydrogen) atoms. The zero-order valence-corrected chi connectivity index (χ0v) is 12.1. The molecule has 1 aliphatic carbocycles. The Labute approximate surface area is 106 Å². The van der Waals surface area contributed by atoms with Crippen molar-refractivity contribution in [1.82, 2.24) is 0 Å². The van der Waals surface area contributed by atoms with Gasteiger partial charge in [0.25, 0.3) is 0 Å². The first-order valence-corrected chi connectivity index (χ1v) is 7.00. The lowest BCUT2D eigenvalue weighted by Gasteiger charge is -2.43. The Balaban J connectivity index is 2.45. The lowest BCUT2D eigenvalue weighted by molar-refractivity contribution is -0.146. The maximum absolute atomic E-state index is 10.9. The van der Waals surface area contributed by atoms with Gasteiger partial charge in [0.05, 0.1) is 6.10 Å². The fourth-order valence-corrected chi connectivity index (χ4v) is 3.47. The van der Waals surface area contributed by atoms with Crippen LogP contribution in [0.5, 0.6) is 0 Å². The van der Waals surface area contributed by atoms with Crippen LogP contribution in [0.2, 0.25) is 0 Å². The van der Waals surface area contributed by atoms with Gasteiger partial charge in [0, 0.05) is 6.92 Å². The standard InChI is InChI=1S/C15H28O2/c1-11-7-6-10-15(4,5)14(11)9-8-12(2)17-13(3)16/h11-12,14H,6-10H2,1-5H3/t11-,12-,14+/m1/s1. The van der Waals surface area contributed by atoms with Crippen LogP contribution in [0.15, 0.2) is 0 Å². The Hall–Kier alpha value is -0.530. The van der Waals surface area contributed by atoms with Gasteiger partial charge in [-0.25, -0.2) is 0 Å². The molecule has 0 aliphatic heterocycles. The third-order valence-electron chi connectivity index (χ3n) is 4.42. The maximum atomic E-state index is 10.9. The third kappa shape index (κ3) is 4.33. The molecule has 1 saturated carbocycles. The Morgan fingerprint density at radius 2 is 2.12 bits per heavy atom. The molecule has 0 N–H and O–H groups in total. The Bertz CT molecular complexity index is 258. The summed E-state index contributed by atoms with van der Waals surface area (Å²) in [7, 11) is 0. The van der Waals surface area contributed by atoms with E-state index in [9.17, 15) is 4.79 Å². The molecule has 0 unspecified atom stereocenters. The highest BCUT2D eigenvalue weighted by Gasteiger charge is 2.36. The zero-order valence-electron chi connectivity index (χ0n) is 12.1. The summed E-state index contributed by atoms with van der Waals surface area (Å²) >= 11 is 0. The summed E-state index contributed by atoms with van der Waals surface area (Å²) in [5.41, 5.74) is 0.452. The number of ether oxygens (including phenoxy) is 1.